The monoisotopic (exact) mass is 275 g/mol. The first kappa shape index (κ1) is 14.9. The van der Waals surface area contributed by atoms with Crippen LogP contribution >= 0.6 is 0 Å². The molecule has 0 spiro atoms. The molecule has 1 aromatic carbocycles. The fourth-order valence-electron chi connectivity index (χ4n) is 2.55. The van der Waals surface area contributed by atoms with Crippen molar-refractivity contribution >= 4 is 17.3 Å². The van der Waals surface area contributed by atoms with E-state index in [0.29, 0.717) is 18.5 Å². The minimum absolute atomic E-state index is 0.0500. The van der Waals surface area contributed by atoms with Gasteiger partial charge >= 0.3 is 0 Å². The molecule has 1 aliphatic rings. The summed E-state index contributed by atoms with van der Waals surface area (Å²) in [6.45, 7) is 8.58. The van der Waals surface area contributed by atoms with Crippen LogP contribution in [0.2, 0.25) is 0 Å². The molecule has 2 rings (SSSR count). The van der Waals surface area contributed by atoms with Crippen LogP contribution in [-0.2, 0) is 4.79 Å². The van der Waals surface area contributed by atoms with Crippen molar-refractivity contribution in [1.29, 1.82) is 0 Å². The van der Waals surface area contributed by atoms with Crippen LogP contribution in [0.25, 0.3) is 0 Å². The summed E-state index contributed by atoms with van der Waals surface area (Å²) < 4.78 is 0. The Morgan fingerprint density at radius 1 is 1.40 bits per heavy atom. The third kappa shape index (κ3) is 3.97. The summed E-state index contributed by atoms with van der Waals surface area (Å²) in [6, 6.07) is 9.06. The molecule has 0 aliphatic carbocycles. The van der Waals surface area contributed by atoms with Gasteiger partial charge in [0.15, 0.2) is 0 Å². The minimum atomic E-state index is 0.0500. The molecule has 1 unspecified atom stereocenters. The van der Waals surface area contributed by atoms with E-state index < -0.39 is 0 Å². The maximum absolute atomic E-state index is 11.4. The van der Waals surface area contributed by atoms with E-state index in [9.17, 15) is 4.79 Å². The highest BCUT2D eigenvalue weighted by molar-refractivity contribution is 5.90. The Labute approximate surface area is 121 Å². The number of carbonyl (C=O) groups is 1. The third-order valence-corrected chi connectivity index (χ3v) is 3.79. The molecule has 110 valence electrons. The van der Waals surface area contributed by atoms with Gasteiger partial charge in [0.25, 0.3) is 0 Å². The number of hydrogen-bond donors (Lipinski definition) is 2. The molecule has 4 heteroatoms. The first-order valence-electron chi connectivity index (χ1n) is 7.49. The molecule has 0 bridgehead atoms. The smallest absolute Gasteiger partial charge is 0.224 e. The lowest BCUT2D eigenvalue weighted by Crippen LogP contribution is -2.31. The van der Waals surface area contributed by atoms with E-state index in [1.807, 2.05) is 25.1 Å². The van der Waals surface area contributed by atoms with E-state index in [1.54, 1.807) is 0 Å². The van der Waals surface area contributed by atoms with Gasteiger partial charge in [-0.2, -0.15) is 0 Å². The van der Waals surface area contributed by atoms with Gasteiger partial charge in [0.2, 0.25) is 5.91 Å². The van der Waals surface area contributed by atoms with Crippen LogP contribution in [0.15, 0.2) is 24.3 Å². The highest BCUT2D eigenvalue weighted by atomic mass is 16.1. The summed E-state index contributed by atoms with van der Waals surface area (Å²) in [6.07, 6.45) is 1.67. The molecule has 4 nitrogen and oxygen atoms in total. The average molecular weight is 275 g/mol. The van der Waals surface area contributed by atoms with Crippen LogP contribution in [0, 0.1) is 0 Å². The second kappa shape index (κ2) is 6.75. The van der Waals surface area contributed by atoms with E-state index >= 15 is 0 Å². The van der Waals surface area contributed by atoms with Crippen molar-refractivity contribution in [2.24, 2.45) is 0 Å². The van der Waals surface area contributed by atoms with Crippen molar-refractivity contribution in [2.45, 2.75) is 45.7 Å². The molecule has 2 N–H and O–H groups in total. The number of rotatable bonds is 5. The van der Waals surface area contributed by atoms with Gasteiger partial charge in [0.1, 0.15) is 0 Å². The quantitative estimate of drug-likeness (QED) is 0.868. The molecular weight excluding hydrogens is 250 g/mol. The van der Waals surface area contributed by atoms with Crippen molar-refractivity contribution < 1.29 is 4.79 Å². The summed E-state index contributed by atoms with van der Waals surface area (Å²) in [5, 5.41) is 6.46. The maximum atomic E-state index is 11.4. The molecule has 0 saturated carbocycles. The van der Waals surface area contributed by atoms with E-state index in [2.05, 4.69) is 35.4 Å². The minimum Gasteiger partial charge on any atom is -0.381 e. The first-order valence-corrected chi connectivity index (χ1v) is 7.49. The third-order valence-electron chi connectivity index (χ3n) is 3.79. The number of likely N-dealkylation sites (tertiary alicyclic amines) is 1. The Kier molecular flexibility index (Phi) is 5.01. The molecule has 1 atom stereocenters. The molecule has 20 heavy (non-hydrogen) atoms. The van der Waals surface area contributed by atoms with Gasteiger partial charge in [0.05, 0.1) is 0 Å². The highest BCUT2D eigenvalue weighted by Gasteiger charge is 2.23. The van der Waals surface area contributed by atoms with Gasteiger partial charge in [-0.05, 0) is 38.5 Å². The van der Waals surface area contributed by atoms with Gasteiger partial charge in [-0.15, -0.1) is 0 Å². The normalized spacial score (nSPS) is 19.3. The number of amides is 1. The standard InChI is InChI=1S/C16H25N3O/c1-4-16(20)18-14-7-5-6-13(10-14)17-15-8-9-19(11-15)12(2)3/h5-7,10,12,15,17H,4,8-9,11H2,1-3H3,(H,18,20). The average Bonchev–Trinajstić information content (AvgIpc) is 2.87. The van der Waals surface area contributed by atoms with E-state index in [0.717, 1.165) is 24.5 Å². The van der Waals surface area contributed by atoms with Gasteiger partial charge in [-0.3, -0.25) is 9.69 Å². The fourth-order valence-corrected chi connectivity index (χ4v) is 2.55. The molecule has 1 amide bonds. The molecule has 1 aromatic rings. The van der Waals surface area contributed by atoms with Crippen LogP contribution in [0.5, 0.6) is 0 Å². The van der Waals surface area contributed by atoms with Gasteiger partial charge in [-0.1, -0.05) is 13.0 Å². The SMILES string of the molecule is CCC(=O)Nc1cccc(NC2CCN(C(C)C)C2)c1. The number of nitrogens with one attached hydrogen (secondary N) is 2. The van der Waals surface area contributed by atoms with Crippen LogP contribution < -0.4 is 10.6 Å². The van der Waals surface area contributed by atoms with Crippen LogP contribution in [0.4, 0.5) is 11.4 Å². The topological polar surface area (TPSA) is 44.4 Å². The van der Waals surface area contributed by atoms with Crippen molar-refractivity contribution in [2.75, 3.05) is 23.7 Å². The van der Waals surface area contributed by atoms with E-state index in [1.165, 1.54) is 6.42 Å². The fraction of sp³-hybridized carbons (Fsp3) is 0.562. The number of benzene rings is 1. The summed E-state index contributed by atoms with van der Waals surface area (Å²) in [4.78, 5) is 13.9. The lowest BCUT2D eigenvalue weighted by molar-refractivity contribution is -0.115. The first-order chi connectivity index (χ1) is 9.58. The number of nitrogens with zero attached hydrogens (tertiary/aromatic N) is 1. The largest absolute Gasteiger partial charge is 0.381 e. The summed E-state index contributed by atoms with van der Waals surface area (Å²) in [7, 11) is 0. The van der Waals surface area contributed by atoms with Gasteiger partial charge in [-0.25, -0.2) is 0 Å². The Morgan fingerprint density at radius 2 is 2.15 bits per heavy atom. The molecule has 1 heterocycles. The number of carbonyl (C=O) groups excluding carboxylic acids is 1. The van der Waals surface area contributed by atoms with Crippen LogP contribution in [0.3, 0.4) is 0 Å². The Bertz CT molecular complexity index is 459. The zero-order chi connectivity index (χ0) is 14.5. The van der Waals surface area contributed by atoms with Crippen molar-refractivity contribution in [3.8, 4) is 0 Å². The van der Waals surface area contributed by atoms with Crippen molar-refractivity contribution in [3.05, 3.63) is 24.3 Å². The Balaban J connectivity index is 1.93. The maximum Gasteiger partial charge on any atom is 0.224 e. The lowest BCUT2D eigenvalue weighted by atomic mass is 10.2. The molecular formula is C16H25N3O. The number of anilines is 2. The molecule has 0 aromatic heterocycles. The highest BCUT2D eigenvalue weighted by Crippen LogP contribution is 2.20. The predicted octanol–water partition coefficient (Wildman–Crippen LogP) is 2.93. The van der Waals surface area contributed by atoms with Gasteiger partial charge in [0, 0.05) is 43.0 Å². The van der Waals surface area contributed by atoms with Gasteiger partial charge < -0.3 is 10.6 Å². The molecule has 1 saturated heterocycles. The zero-order valence-corrected chi connectivity index (χ0v) is 12.6. The van der Waals surface area contributed by atoms with E-state index in [4.69, 9.17) is 0 Å². The summed E-state index contributed by atoms with van der Waals surface area (Å²) in [5.74, 6) is 0.0500. The van der Waals surface area contributed by atoms with Crippen LogP contribution in [-0.4, -0.2) is 36.0 Å². The Hall–Kier alpha value is -1.55. The molecule has 1 aliphatic heterocycles. The second-order valence-corrected chi connectivity index (χ2v) is 5.70. The zero-order valence-electron chi connectivity index (χ0n) is 12.6. The second-order valence-electron chi connectivity index (χ2n) is 5.70. The van der Waals surface area contributed by atoms with Crippen LogP contribution in [0.1, 0.15) is 33.6 Å². The number of hydrogen-bond acceptors (Lipinski definition) is 3. The van der Waals surface area contributed by atoms with Crippen molar-refractivity contribution in [3.63, 3.8) is 0 Å². The van der Waals surface area contributed by atoms with Crippen molar-refractivity contribution in [1.82, 2.24) is 4.90 Å². The van der Waals surface area contributed by atoms with E-state index in [-0.39, 0.29) is 5.91 Å². The predicted molar refractivity (Wildman–Crippen MR) is 84.1 cm³/mol. The Morgan fingerprint density at radius 3 is 2.80 bits per heavy atom. The summed E-state index contributed by atoms with van der Waals surface area (Å²) >= 11 is 0. The lowest BCUT2D eigenvalue weighted by Gasteiger charge is -2.21. The molecule has 1 fully saturated rings. The summed E-state index contributed by atoms with van der Waals surface area (Å²) in [5.41, 5.74) is 1.94. The molecule has 0 radical (unpaired) electrons.